The maximum atomic E-state index is 12.3. The maximum Gasteiger partial charge on any atom is 0.406 e. The lowest BCUT2D eigenvalue weighted by Crippen LogP contribution is -2.47. The summed E-state index contributed by atoms with van der Waals surface area (Å²) in [5.74, 6) is 0.206. The molecule has 5 nitrogen and oxygen atoms in total. The van der Waals surface area contributed by atoms with Crippen LogP contribution < -0.4 is 5.32 Å². The van der Waals surface area contributed by atoms with Gasteiger partial charge in [0.1, 0.15) is 12.4 Å². The standard InChI is InChI=1S/C10H13F3N4O/c11-10(12,13)7-17-4-2-14-8(17)5-16-3-1-15-9(18)6-16/h2,4H,1,3,5-7H2,(H,15,18). The number of aromatic nitrogens is 2. The molecule has 2 rings (SSSR count). The highest BCUT2D eigenvalue weighted by molar-refractivity contribution is 5.78. The van der Waals surface area contributed by atoms with Crippen LogP contribution in [0, 0.1) is 0 Å². The zero-order chi connectivity index (χ0) is 13.2. The van der Waals surface area contributed by atoms with Crippen molar-refractivity contribution in [3.63, 3.8) is 0 Å². The lowest BCUT2D eigenvalue weighted by molar-refractivity contribution is -0.141. The minimum atomic E-state index is -4.27. The van der Waals surface area contributed by atoms with Crippen LogP contribution in [0.5, 0.6) is 0 Å². The van der Waals surface area contributed by atoms with Crippen molar-refractivity contribution < 1.29 is 18.0 Å². The van der Waals surface area contributed by atoms with Crippen LogP contribution in [0.25, 0.3) is 0 Å². The zero-order valence-corrected chi connectivity index (χ0v) is 9.57. The van der Waals surface area contributed by atoms with Crippen molar-refractivity contribution in [3.05, 3.63) is 18.2 Å². The molecule has 0 aliphatic carbocycles. The third kappa shape index (κ3) is 3.46. The highest BCUT2D eigenvalue weighted by atomic mass is 19.4. The molecular weight excluding hydrogens is 249 g/mol. The summed E-state index contributed by atoms with van der Waals surface area (Å²) in [5.41, 5.74) is 0. The van der Waals surface area contributed by atoms with Crippen LogP contribution in [-0.2, 0) is 17.9 Å². The van der Waals surface area contributed by atoms with Gasteiger partial charge >= 0.3 is 6.18 Å². The highest BCUT2D eigenvalue weighted by Gasteiger charge is 2.29. The van der Waals surface area contributed by atoms with Gasteiger partial charge in [-0.25, -0.2) is 4.98 Å². The fourth-order valence-corrected chi connectivity index (χ4v) is 1.86. The molecule has 1 aliphatic heterocycles. The van der Waals surface area contributed by atoms with E-state index in [1.165, 1.54) is 12.4 Å². The number of imidazole rings is 1. The van der Waals surface area contributed by atoms with E-state index in [-0.39, 0.29) is 19.0 Å². The summed E-state index contributed by atoms with van der Waals surface area (Å²) in [4.78, 5) is 16.8. The molecule has 1 fully saturated rings. The highest BCUT2D eigenvalue weighted by Crippen LogP contribution is 2.18. The van der Waals surface area contributed by atoms with E-state index in [0.717, 1.165) is 4.57 Å². The molecule has 0 unspecified atom stereocenters. The molecule has 18 heavy (non-hydrogen) atoms. The van der Waals surface area contributed by atoms with Crippen LogP contribution in [0.3, 0.4) is 0 Å². The quantitative estimate of drug-likeness (QED) is 0.856. The van der Waals surface area contributed by atoms with E-state index >= 15 is 0 Å². The first-order valence-corrected chi connectivity index (χ1v) is 5.50. The topological polar surface area (TPSA) is 50.2 Å². The second kappa shape index (κ2) is 4.97. The van der Waals surface area contributed by atoms with Crippen molar-refractivity contribution in [3.8, 4) is 0 Å². The number of nitrogens with one attached hydrogen (secondary N) is 1. The number of hydrogen-bond acceptors (Lipinski definition) is 3. The van der Waals surface area contributed by atoms with E-state index in [2.05, 4.69) is 10.3 Å². The summed E-state index contributed by atoms with van der Waals surface area (Å²) < 4.78 is 38.0. The average Bonchev–Trinajstić information content (AvgIpc) is 2.63. The summed E-state index contributed by atoms with van der Waals surface area (Å²) >= 11 is 0. The van der Waals surface area contributed by atoms with E-state index < -0.39 is 12.7 Å². The van der Waals surface area contributed by atoms with Crippen molar-refractivity contribution >= 4 is 5.91 Å². The second-order valence-electron chi connectivity index (χ2n) is 4.15. The summed E-state index contributed by atoms with van der Waals surface area (Å²) in [5, 5.41) is 2.66. The Kier molecular flexibility index (Phi) is 3.55. The van der Waals surface area contributed by atoms with Crippen molar-refractivity contribution in [2.45, 2.75) is 19.3 Å². The maximum absolute atomic E-state index is 12.3. The summed E-state index contributed by atoms with van der Waals surface area (Å²) in [6.45, 7) is 0.515. The van der Waals surface area contributed by atoms with Crippen LogP contribution >= 0.6 is 0 Å². The number of nitrogens with zero attached hydrogens (tertiary/aromatic N) is 3. The Hall–Kier alpha value is -1.57. The Morgan fingerprint density at radius 1 is 1.44 bits per heavy atom. The summed E-state index contributed by atoms with van der Waals surface area (Å²) in [6.07, 6.45) is -1.63. The molecule has 1 aromatic rings. The monoisotopic (exact) mass is 262 g/mol. The SMILES string of the molecule is O=C1CN(Cc2nccn2CC(F)(F)F)CCN1. The van der Waals surface area contributed by atoms with Gasteiger partial charge in [0, 0.05) is 25.5 Å². The molecule has 0 spiro atoms. The van der Waals surface area contributed by atoms with Gasteiger partial charge in [-0.15, -0.1) is 0 Å². The average molecular weight is 262 g/mol. The molecule has 1 N–H and O–H groups in total. The lowest BCUT2D eigenvalue weighted by atomic mass is 10.3. The van der Waals surface area contributed by atoms with Crippen molar-refractivity contribution in [1.29, 1.82) is 0 Å². The molecule has 0 bridgehead atoms. The van der Waals surface area contributed by atoms with Gasteiger partial charge < -0.3 is 9.88 Å². The summed E-state index contributed by atoms with van der Waals surface area (Å²) in [6, 6.07) is 0. The largest absolute Gasteiger partial charge is 0.406 e. The van der Waals surface area contributed by atoms with E-state index in [1.54, 1.807) is 4.90 Å². The van der Waals surface area contributed by atoms with Crippen LogP contribution in [0.1, 0.15) is 5.82 Å². The van der Waals surface area contributed by atoms with E-state index in [0.29, 0.717) is 18.9 Å². The zero-order valence-electron chi connectivity index (χ0n) is 9.57. The fraction of sp³-hybridized carbons (Fsp3) is 0.600. The normalized spacial score (nSPS) is 17.8. The molecule has 1 aliphatic rings. The number of carbonyl (C=O) groups is 1. The number of hydrogen-bond donors (Lipinski definition) is 1. The Bertz CT molecular complexity index is 429. The molecule has 1 saturated heterocycles. The van der Waals surface area contributed by atoms with Gasteiger partial charge in [0.2, 0.25) is 5.91 Å². The van der Waals surface area contributed by atoms with Gasteiger partial charge in [-0.3, -0.25) is 9.69 Å². The van der Waals surface area contributed by atoms with E-state index in [1.807, 2.05) is 0 Å². The molecular formula is C10H13F3N4O. The van der Waals surface area contributed by atoms with Gasteiger partial charge in [0.05, 0.1) is 13.1 Å². The number of carbonyl (C=O) groups excluding carboxylic acids is 1. The van der Waals surface area contributed by atoms with Crippen LogP contribution in [0.15, 0.2) is 12.4 Å². The summed E-state index contributed by atoms with van der Waals surface area (Å²) in [7, 11) is 0. The number of halogens is 3. The number of amides is 1. The Morgan fingerprint density at radius 2 is 2.22 bits per heavy atom. The van der Waals surface area contributed by atoms with Gasteiger partial charge in [-0.05, 0) is 0 Å². The third-order valence-corrected chi connectivity index (χ3v) is 2.63. The van der Waals surface area contributed by atoms with Crippen molar-refractivity contribution in [1.82, 2.24) is 19.8 Å². The first-order valence-electron chi connectivity index (χ1n) is 5.50. The molecule has 0 radical (unpaired) electrons. The van der Waals surface area contributed by atoms with Crippen molar-refractivity contribution in [2.75, 3.05) is 19.6 Å². The molecule has 2 heterocycles. The van der Waals surface area contributed by atoms with E-state index in [9.17, 15) is 18.0 Å². The fourth-order valence-electron chi connectivity index (χ4n) is 1.86. The molecule has 1 amide bonds. The Balaban J connectivity index is 2.01. The molecule has 0 saturated carbocycles. The molecule has 0 aromatic carbocycles. The van der Waals surface area contributed by atoms with Crippen LogP contribution in [0.2, 0.25) is 0 Å². The minimum Gasteiger partial charge on any atom is -0.354 e. The molecule has 0 atom stereocenters. The number of rotatable bonds is 3. The van der Waals surface area contributed by atoms with Gasteiger partial charge in [0.15, 0.2) is 0 Å². The lowest BCUT2D eigenvalue weighted by Gasteiger charge is -2.26. The van der Waals surface area contributed by atoms with Gasteiger partial charge in [-0.2, -0.15) is 13.2 Å². The second-order valence-corrected chi connectivity index (χ2v) is 4.15. The first-order chi connectivity index (χ1) is 8.44. The molecule has 100 valence electrons. The predicted octanol–water partition coefficient (Wildman–Crippen LogP) is 0.377. The number of alkyl halides is 3. The third-order valence-electron chi connectivity index (χ3n) is 2.63. The Labute approximate surface area is 102 Å². The van der Waals surface area contributed by atoms with Crippen LogP contribution in [-0.4, -0.2) is 46.2 Å². The van der Waals surface area contributed by atoms with Gasteiger partial charge in [0.25, 0.3) is 0 Å². The molecule has 8 heteroatoms. The van der Waals surface area contributed by atoms with Gasteiger partial charge in [-0.1, -0.05) is 0 Å². The smallest absolute Gasteiger partial charge is 0.354 e. The van der Waals surface area contributed by atoms with Crippen LogP contribution in [0.4, 0.5) is 13.2 Å². The van der Waals surface area contributed by atoms with Crippen molar-refractivity contribution in [2.24, 2.45) is 0 Å². The first kappa shape index (κ1) is 12.9. The minimum absolute atomic E-state index is 0.116. The van der Waals surface area contributed by atoms with E-state index in [4.69, 9.17) is 0 Å². The molecule has 1 aromatic heterocycles. The number of piperazine rings is 1. The Morgan fingerprint density at radius 3 is 2.89 bits per heavy atom. The predicted molar refractivity (Wildman–Crippen MR) is 56.6 cm³/mol.